The van der Waals surface area contributed by atoms with Crippen LogP contribution in [-0.2, 0) is 14.4 Å². The van der Waals surface area contributed by atoms with E-state index in [4.69, 9.17) is 5.11 Å². The first kappa shape index (κ1) is 15.7. The third-order valence-electron chi connectivity index (χ3n) is 2.89. The molecule has 0 aliphatic rings. The lowest BCUT2D eigenvalue weighted by Crippen LogP contribution is -2.44. The fourth-order valence-electron chi connectivity index (χ4n) is 1.85. The molecule has 6 heteroatoms. The van der Waals surface area contributed by atoms with Crippen molar-refractivity contribution < 1.29 is 24.6 Å². The molecule has 20 heavy (non-hydrogen) atoms. The van der Waals surface area contributed by atoms with Gasteiger partial charge in [-0.05, 0) is 24.1 Å². The topological polar surface area (TPSA) is 104 Å². The molecular formula is C14H17NO5. The van der Waals surface area contributed by atoms with Gasteiger partial charge in [0, 0.05) is 0 Å². The van der Waals surface area contributed by atoms with Gasteiger partial charge in [-0.25, -0.2) is 4.79 Å². The Bertz CT molecular complexity index is 483. The van der Waals surface area contributed by atoms with E-state index in [9.17, 15) is 19.5 Å². The van der Waals surface area contributed by atoms with Gasteiger partial charge in [-0.3, -0.25) is 4.79 Å². The lowest BCUT2D eigenvalue weighted by atomic mass is 9.93. The summed E-state index contributed by atoms with van der Waals surface area (Å²) >= 11 is 0. The largest absolute Gasteiger partial charge is 0.508 e. The van der Waals surface area contributed by atoms with Gasteiger partial charge in [0.05, 0.1) is 5.92 Å². The molecule has 0 heterocycles. The van der Waals surface area contributed by atoms with E-state index in [0.717, 1.165) is 6.42 Å². The predicted molar refractivity (Wildman–Crippen MR) is 71.4 cm³/mol. The summed E-state index contributed by atoms with van der Waals surface area (Å²) in [5, 5.41) is 20.2. The summed E-state index contributed by atoms with van der Waals surface area (Å²) in [5.74, 6) is -2.38. The molecule has 2 unspecified atom stereocenters. The van der Waals surface area contributed by atoms with E-state index in [1.165, 1.54) is 12.1 Å². The Morgan fingerprint density at radius 1 is 1.30 bits per heavy atom. The van der Waals surface area contributed by atoms with E-state index in [2.05, 4.69) is 5.32 Å². The third kappa shape index (κ3) is 4.08. The van der Waals surface area contributed by atoms with E-state index in [1.54, 1.807) is 12.1 Å². The highest BCUT2D eigenvalue weighted by molar-refractivity contribution is 5.97. The Labute approximate surface area is 116 Å². The van der Waals surface area contributed by atoms with Gasteiger partial charge in [-0.2, -0.15) is 0 Å². The van der Waals surface area contributed by atoms with Crippen LogP contribution in [0.1, 0.15) is 31.2 Å². The molecule has 2 atom stereocenters. The quantitative estimate of drug-likeness (QED) is 0.511. The summed E-state index contributed by atoms with van der Waals surface area (Å²) in [6, 6.07) is 4.58. The minimum atomic E-state index is -1.54. The number of benzene rings is 1. The van der Waals surface area contributed by atoms with Crippen LogP contribution in [-0.4, -0.2) is 34.4 Å². The van der Waals surface area contributed by atoms with E-state index >= 15 is 0 Å². The molecule has 0 spiro atoms. The van der Waals surface area contributed by atoms with Gasteiger partial charge in [-0.15, -0.1) is 0 Å². The summed E-state index contributed by atoms with van der Waals surface area (Å²) in [6.45, 7) is 1.90. The van der Waals surface area contributed by atoms with Gasteiger partial charge in [0.1, 0.15) is 5.75 Å². The summed E-state index contributed by atoms with van der Waals surface area (Å²) in [6.07, 6.45) is 1.42. The van der Waals surface area contributed by atoms with Crippen LogP contribution in [0.15, 0.2) is 24.3 Å². The minimum Gasteiger partial charge on any atom is -0.508 e. The number of carbonyl (C=O) groups is 3. The number of carboxylic acids is 1. The zero-order valence-corrected chi connectivity index (χ0v) is 11.1. The number of carboxylic acid groups (broad SMARTS) is 1. The normalized spacial score (nSPS) is 13.2. The first-order chi connectivity index (χ1) is 9.49. The van der Waals surface area contributed by atoms with Gasteiger partial charge in [0.15, 0.2) is 12.3 Å². The summed E-state index contributed by atoms with van der Waals surface area (Å²) in [7, 11) is 0. The highest BCUT2D eigenvalue weighted by Gasteiger charge is 2.25. The molecule has 0 aromatic heterocycles. The summed E-state index contributed by atoms with van der Waals surface area (Å²) < 4.78 is 0. The minimum absolute atomic E-state index is 0.0840. The third-order valence-corrected chi connectivity index (χ3v) is 2.89. The van der Waals surface area contributed by atoms with Crippen molar-refractivity contribution in [3.05, 3.63) is 29.8 Å². The van der Waals surface area contributed by atoms with Crippen LogP contribution in [0.3, 0.4) is 0 Å². The number of aromatic hydroxyl groups is 1. The van der Waals surface area contributed by atoms with E-state index < -0.39 is 23.8 Å². The van der Waals surface area contributed by atoms with Crippen molar-refractivity contribution in [2.75, 3.05) is 0 Å². The second-order valence-corrected chi connectivity index (χ2v) is 4.39. The monoisotopic (exact) mass is 279 g/mol. The number of rotatable bonds is 7. The first-order valence-electron chi connectivity index (χ1n) is 6.27. The molecule has 0 saturated heterocycles. The fourth-order valence-corrected chi connectivity index (χ4v) is 1.85. The molecule has 1 amide bonds. The van der Waals surface area contributed by atoms with Crippen LogP contribution < -0.4 is 5.32 Å². The molecule has 1 aromatic carbocycles. The predicted octanol–water partition coefficient (Wildman–Crippen LogP) is 1.04. The number of carbonyl (C=O) groups excluding carboxylic acids is 2. The molecule has 108 valence electrons. The second kappa shape index (κ2) is 7.28. The molecular weight excluding hydrogens is 262 g/mol. The number of aldehydes is 1. The number of phenols is 1. The lowest BCUT2D eigenvalue weighted by Gasteiger charge is -2.18. The van der Waals surface area contributed by atoms with Crippen molar-refractivity contribution >= 4 is 18.2 Å². The highest BCUT2D eigenvalue weighted by atomic mass is 16.4. The average molecular weight is 279 g/mol. The Morgan fingerprint density at radius 3 is 2.35 bits per heavy atom. The molecule has 6 nitrogen and oxygen atoms in total. The van der Waals surface area contributed by atoms with E-state index in [1.807, 2.05) is 6.92 Å². The molecule has 3 N–H and O–H groups in total. The number of amides is 1. The van der Waals surface area contributed by atoms with Crippen LogP contribution >= 0.6 is 0 Å². The average Bonchev–Trinajstić information content (AvgIpc) is 2.42. The van der Waals surface area contributed by atoms with E-state index in [0.29, 0.717) is 12.0 Å². The van der Waals surface area contributed by atoms with Gasteiger partial charge >= 0.3 is 5.97 Å². The number of hydrogen-bond donors (Lipinski definition) is 3. The Balaban J connectivity index is 2.90. The van der Waals surface area contributed by atoms with Gasteiger partial charge in [-0.1, -0.05) is 25.5 Å². The number of phenolic OH excluding ortho intramolecular Hbond substituents is 1. The number of hydrogen-bond acceptors (Lipinski definition) is 4. The van der Waals surface area contributed by atoms with Crippen LogP contribution in [0.4, 0.5) is 0 Å². The maximum absolute atomic E-state index is 12.1. The zero-order chi connectivity index (χ0) is 15.1. The maximum Gasteiger partial charge on any atom is 0.333 e. The van der Waals surface area contributed by atoms with Crippen LogP contribution in [0.25, 0.3) is 0 Å². The van der Waals surface area contributed by atoms with Crippen LogP contribution in [0.5, 0.6) is 5.75 Å². The molecule has 0 aliphatic heterocycles. The van der Waals surface area contributed by atoms with Crippen molar-refractivity contribution in [3.8, 4) is 5.75 Å². The molecule has 0 fully saturated rings. The van der Waals surface area contributed by atoms with Crippen LogP contribution in [0, 0.1) is 0 Å². The molecule has 1 rings (SSSR count). The first-order valence-corrected chi connectivity index (χ1v) is 6.27. The Hall–Kier alpha value is -2.37. The van der Waals surface area contributed by atoms with Crippen molar-refractivity contribution in [3.63, 3.8) is 0 Å². The molecule has 0 saturated carbocycles. The summed E-state index contributed by atoms with van der Waals surface area (Å²) in [5.41, 5.74) is 0.664. The van der Waals surface area contributed by atoms with Crippen LogP contribution in [0.2, 0.25) is 0 Å². The Morgan fingerprint density at radius 2 is 1.90 bits per heavy atom. The maximum atomic E-state index is 12.1. The number of nitrogens with one attached hydrogen (secondary N) is 1. The van der Waals surface area contributed by atoms with Gasteiger partial charge in [0.25, 0.3) is 0 Å². The molecule has 0 radical (unpaired) electrons. The highest BCUT2D eigenvalue weighted by Crippen LogP contribution is 2.23. The molecule has 0 aliphatic carbocycles. The SMILES string of the molecule is CCCC(C(=O)NC(C=O)C(=O)O)c1ccc(O)cc1. The van der Waals surface area contributed by atoms with Gasteiger partial charge < -0.3 is 20.3 Å². The molecule has 1 aromatic rings. The fraction of sp³-hybridized carbons (Fsp3) is 0.357. The van der Waals surface area contributed by atoms with Gasteiger partial charge in [0.2, 0.25) is 5.91 Å². The second-order valence-electron chi connectivity index (χ2n) is 4.39. The van der Waals surface area contributed by atoms with E-state index in [-0.39, 0.29) is 12.0 Å². The van der Waals surface area contributed by atoms with Crippen molar-refractivity contribution in [1.29, 1.82) is 0 Å². The smallest absolute Gasteiger partial charge is 0.333 e. The Kier molecular flexibility index (Phi) is 5.71. The van der Waals surface area contributed by atoms with Crippen molar-refractivity contribution in [2.45, 2.75) is 31.7 Å². The number of aliphatic carboxylic acids is 1. The van der Waals surface area contributed by atoms with Crippen molar-refractivity contribution in [1.82, 2.24) is 5.32 Å². The summed E-state index contributed by atoms with van der Waals surface area (Å²) in [4.78, 5) is 33.5. The molecule has 0 bridgehead atoms. The van der Waals surface area contributed by atoms with Crippen molar-refractivity contribution in [2.24, 2.45) is 0 Å². The lowest BCUT2D eigenvalue weighted by molar-refractivity contribution is -0.143. The zero-order valence-electron chi connectivity index (χ0n) is 11.1. The standard InChI is InChI=1S/C14H17NO5/c1-2-3-11(9-4-6-10(17)7-5-9)13(18)15-12(8-16)14(19)20/h4-8,11-12,17H,2-3H2,1H3,(H,15,18)(H,19,20).